The molecule has 0 radical (unpaired) electrons. The molecule has 8 nitrogen and oxygen atoms in total. The van der Waals surface area contributed by atoms with Gasteiger partial charge in [-0.3, -0.25) is 4.79 Å². The van der Waals surface area contributed by atoms with Gasteiger partial charge in [0.25, 0.3) is 0 Å². The summed E-state index contributed by atoms with van der Waals surface area (Å²) in [6, 6.07) is 12.5. The Kier molecular flexibility index (Phi) is 10.9. The van der Waals surface area contributed by atoms with E-state index in [1.807, 2.05) is 25.1 Å². The molecule has 2 N–H and O–H groups in total. The molecule has 37 heavy (non-hydrogen) atoms. The van der Waals surface area contributed by atoms with Crippen LogP contribution in [0.5, 0.6) is 0 Å². The monoisotopic (exact) mass is 563 g/mol. The SMILES string of the molecule is Cc1ccc(C)c(S(=O)(=O)N(CCC(=O)N2CCNCC2)Cc2cccc(Cl)c2)c1.O=C(O)C(F)(F)F. The van der Waals surface area contributed by atoms with E-state index in [0.717, 1.165) is 24.2 Å². The Hall–Kier alpha value is -2.67. The third kappa shape index (κ3) is 9.29. The third-order valence-corrected chi connectivity index (χ3v) is 7.72. The summed E-state index contributed by atoms with van der Waals surface area (Å²) in [6.07, 6.45) is -4.94. The molecule has 3 rings (SSSR count). The van der Waals surface area contributed by atoms with Crippen LogP contribution in [0.3, 0.4) is 0 Å². The minimum Gasteiger partial charge on any atom is -0.475 e. The van der Waals surface area contributed by atoms with E-state index in [1.165, 1.54) is 4.31 Å². The number of hydrogen-bond acceptors (Lipinski definition) is 5. The lowest BCUT2D eigenvalue weighted by molar-refractivity contribution is -0.192. The van der Waals surface area contributed by atoms with Gasteiger partial charge < -0.3 is 15.3 Å². The Morgan fingerprint density at radius 2 is 1.73 bits per heavy atom. The van der Waals surface area contributed by atoms with Crippen LogP contribution in [0.1, 0.15) is 23.1 Å². The molecule has 0 unspecified atom stereocenters. The minimum absolute atomic E-state index is 0.0243. The number of benzene rings is 2. The molecule has 1 amide bonds. The molecule has 1 fully saturated rings. The number of alkyl halides is 3. The van der Waals surface area contributed by atoms with Crippen molar-refractivity contribution in [2.24, 2.45) is 0 Å². The number of aryl methyl sites for hydroxylation is 2. The van der Waals surface area contributed by atoms with E-state index >= 15 is 0 Å². The molecule has 1 heterocycles. The highest BCUT2D eigenvalue weighted by Gasteiger charge is 2.38. The van der Waals surface area contributed by atoms with E-state index in [-0.39, 0.29) is 30.3 Å². The fourth-order valence-electron chi connectivity index (χ4n) is 3.54. The fraction of sp³-hybridized carbons (Fsp3) is 0.417. The van der Waals surface area contributed by atoms with Crippen LogP contribution in [-0.4, -0.2) is 73.5 Å². The predicted molar refractivity (Wildman–Crippen MR) is 133 cm³/mol. The summed E-state index contributed by atoms with van der Waals surface area (Å²) in [6.45, 7) is 6.75. The minimum atomic E-state index is -5.08. The van der Waals surface area contributed by atoms with Gasteiger partial charge in [0.15, 0.2) is 0 Å². The molecule has 2 aromatic carbocycles. The van der Waals surface area contributed by atoms with Crippen molar-refractivity contribution in [3.63, 3.8) is 0 Å². The van der Waals surface area contributed by atoms with Gasteiger partial charge in [-0.05, 0) is 48.7 Å². The quantitative estimate of drug-likeness (QED) is 0.533. The number of piperazine rings is 1. The van der Waals surface area contributed by atoms with Crippen LogP contribution in [0.15, 0.2) is 47.4 Å². The van der Waals surface area contributed by atoms with Gasteiger partial charge in [-0.2, -0.15) is 17.5 Å². The second-order valence-electron chi connectivity index (χ2n) is 8.42. The fourth-order valence-corrected chi connectivity index (χ4v) is 5.49. The largest absolute Gasteiger partial charge is 0.490 e. The first-order chi connectivity index (χ1) is 17.2. The Balaban J connectivity index is 0.000000604. The lowest BCUT2D eigenvalue weighted by Crippen LogP contribution is -2.47. The molecule has 0 aromatic heterocycles. The molecular formula is C24H29ClF3N3O5S. The second-order valence-corrected chi connectivity index (χ2v) is 10.8. The van der Waals surface area contributed by atoms with Crippen molar-refractivity contribution in [2.75, 3.05) is 32.7 Å². The molecule has 1 aliphatic rings. The van der Waals surface area contributed by atoms with E-state index in [0.29, 0.717) is 23.7 Å². The highest BCUT2D eigenvalue weighted by atomic mass is 35.5. The van der Waals surface area contributed by atoms with Crippen molar-refractivity contribution < 1.29 is 36.3 Å². The first-order valence-electron chi connectivity index (χ1n) is 11.3. The van der Waals surface area contributed by atoms with Gasteiger partial charge >= 0.3 is 12.1 Å². The maximum atomic E-state index is 13.5. The van der Waals surface area contributed by atoms with Gasteiger partial charge in [0, 0.05) is 50.7 Å². The molecule has 0 aliphatic carbocycles. The summed E-state index contributed by atoms with van der Waals surface area (Å²) in [7, 11) is -3.78. The van der Waals surface area contributed by atoms with Crippen molar-refractivity contribution in [2.45, 2.75) is 37.9 Å². The number of nitrogens with one attached hydrogen (secondary N) is 1. The van der Waals surface area contributed by atoms with Crippen molar-refractivity contribution >= 4 is 33.5 Å². The molecule has 1 saturated heterocycles. The summed E-state index contributed by atoms with van der Waals surface area (Å²) in [5.41, 5.74) is 2.34. The molecule has 204 valence electrons. The Morgan fingerprint density at radius 3 is 2.30 bits per heavy atom. The number of carboxylic acid groups (broad SMARTS) is 1. The zero-order chi connectivity index (χ0) is 27.8. The number of halogens is 4. The normalized spacial score (nSPS) is 14.2. The summed E-state index contributed by atoms with van der Waals surface area (Å²) >= 11 is 6.10. The molecule has 2 aromatic rings. The van der Waals surface area contributed by atoms with E-state index in [4.69, 9.17) is 21.5 Å². The zero-order valence-corrected chi connectivity index (χ0v) is 22.0. The van der Waals surface area contributed by atoms with Crippen LogP contribution in [0.4, 0.5) is 13.2 Å². The summed E-state index contributed by atoms with van der Waals surface area (Å²) in [5, 5.41) is 10.9. The van der Waals surface area contributed by atoms with Gasteiger partial charge in [-0.25, -0.2) is 13.2 Å². The Morgan fingerprint density at radius 1 is 1.11 bits per heavy atom. The summed E-state index contributed by atoms with van der Waals surface area (Å²) in [5.74, 6) is -2.78. The number of carbonyl (C=O) groups excluding carboxylic acids is 1. The molecule has 0 spiro atoms. The van der Waals surface area contributed by atoms with Gasteiger partial charge in [-0.1, -0.05) is 35.9 Å². The van der Waals surface area contributed by atoms with Crippen LogP contribution in [0, 0.1) is 13.8 Å². The van der Waals surface area contributed by atoms with E-state index in [2.05, 4.69) is 5.32 Å². The zero-order valence-electron chi connectivity index (χ0n) is 20.4. The van der Waals surface area contributed by atoms with Crippen LogP contribution in [0.25, 0.3) is 0 Å². The Labute approximate surface area is 219 Å². The third-order valence-electron chi connectivity index (χ3n) is 5.50. The van der Waals surface area contributed by atoms with Crippen LogP contribution in [-0.2, 0) is 26.2 Å². The number of rotatable bonds is 7. The Bertz CT molecular complexity index is 1200. The van der Waals surface area contributed by atoms with Crippen LogP contribution >= 0.6 is 11.6 Å². The van der Waals surface area contributed by atoms with E-state index in [1.54, 1.807) is 36.1 Å². The van der Waals surface area contributed by atoms with Crippen molar-refractivity contribution in [1.82, 2.24) is 14.5 Å². The maximum absolute atomic E-state index is 13.5. The van der Waals surface area contributed by atoms with Gasteiger partial charge in [0.1, 0.15) is 0 Å². The first kappa shape index (κ1) is 30.6. The van der Waals surface area contributed by atoms with Crippen LogP contribution in [0.2, 0.25) is 5.02 Å². The van der Waals surface area contributed by atoms with Crippen molar-refractivity contribution in [1.29, 1.82) is 0 Å². The van der Waals surface area contributed by atoms with E-state index in [9.17, 15) is 26.4 Å². The van der Waals surface area contributed by atoms with Gasteiger partial charge in [0.2, 0.25) is 15.9 Å². The van der Waals surface area contributed by atoms with Gasteiger partial charge in [-0.15, -0.1) is 0 Å². The highest BCUT2D eigenvalue weighted by Crippen LogP contribution is 2.24. The molecule has 0 atom stereocenters. The lowest BCUT2D eigenvalue weighted by Gasteiger charge is -2.29. The topological polar surface area (TPSA) is 107 Å². The number of amides is 1. The predicted octanol–water partition coefficient (Wildman–Crippen LogP) is 3.60. The maximum Gasteiger partial charge on any atom is 0.490 e. The number of aliphatic carboxylic acids is 1. The van der Waals surface area contributed by atoms with E-state index < -0.39 is 22.2 Å². The molecule has 0 bridgehead atoms. The smallest absolute Gasteiger partial charge is 0.475 e. The van der Waals surface area contributed by atoms with Gasteiger partial charge in [0.05, 0.1) is 4.90 Å². The average Bonchev–Trinajstić information content (AvgIpc) is 2.83. The molecule has 13 heteroatoms. The number of carbonyl (C=O) groups is 2. The standard InChI is InChI=1S/C22H28ClN3O3S.C2HF3O2/c1-17-6-7-18(2)21(14-17)30(28,29)26(16-19-4-3-5-20(23)15-19)11-8-22(27)25-12-9-24-10-13-25;3-2(4,5)1(6)7/h3-7,14-15,24H,8-13,16H2,1-2H3;(H,6,7). The summed E-state index contributed by atoms with van der Waals surface area (Å²) in [4.78, 5) is 23.6. The van der Waals surface area contributed by atoms with Crippen molar-refractivity contribution in [3.05, 3.63) is 64.2 Å². The average molecular weight is 564 g/mol. The molecular weight excluding hydrogens is 535 g/mol. The number of sulfonamides is 1. The number of nitrogens with zero attached hydrogens (tertiary/aromatic N) is 2. The molecule has 0 saturated carbocycles. The van der Waals surface area contributed by atoms with Crippen molar-refractivity contribution in [3.8, 4) is 0 Å². The lowest BCUT2D eigenvalue weighted by atomic mass is 10.2. The summed E-state index contributed by atoms with van der Waals surface area (Å²) < 4.78 is 60.2. The number of hydrogen-bond donors (Lipinski definition) is 2. The second kappa shape index (κ2) is 13.2. The highest BCUT2D eigenvalue weighted by molar-refractivity contribution is 7.89. The number of carboxylic acids is 1. The molecule has 1 aliphatic heterocycles. The first-order valence-corrected chi connectivity index (χ1v) is 13.1. The van der Waals surface area contributed by atoms with Crippen LogP contribution < -0.4 is 5.32 Å².